The van der Waals surface area contributed by atoms with Crippen LogP contribution in [0.25, 0.3) is 0 Å². The van der Waals surface area contributed by atoms with Crippen LogP contribution in [0.1, 0.15) is 47.6 Å². The van der Waals surface area contributed by atoms with Crippen molar-refractivity contribution in [2.75, 3.05) is 6.61 Å². The van der Waals surface area contributed by atoms with Gasteiger partial charge in [0.25, 0.3) is 5.91 Å². The van der Waals surface area contributed by atoms with Crippen LogP contribution >= 0.6 is 11.3 Å². The van der Waals surface area contributed by atoms with E-state index in [9.17, 15) is 17.6 Å². The third-order valence-corrected chi connectivity index (χ3v) is 8.26. The molecule has 3 aromatic rings. The molecule has 1 saturated heterocycles. The van der Waals surface area contributed by atoms with Crippen LogP contribution in [0.4, 0.5) is 4.39 Å². The van der Waals surface area contributed by atoms with Crippen molar-refractivity contribution in [3.05, 3.63) is 69.9 Å². The van der Waals surface area contributed by atoms with Gasteiger partial charge in [0.1, 0.15) is 5.82 Å². The zero-order chi connectivity index (χ0) is 24.3. The van der Waals surface area contributed by atoms with E-state index < -0.39 is 15.7 Å². The lowest BCUT2D eigenvalue weighted by Gasteiger charge is -2.27. The van der Waals surface area contributed by atoms with E-state index in [0.29, 0.717) is 29.3 Å². The SMILES string of the molecule is CC(C)N(Cc1cnc(S(=O)(=O)Cc2ccc(F)cc2)n1C[C@@H]1CCCO1)C(=O)c1cccs1. The van der Waals surface area contributed by atoms with Crippen LogP contribution in [0.15, 0.2) is 53.1 Å². The van der Waals surface area contributed by atoms with Gasteiger partial charge in [-0.15, -0.1) is 11.3 Å². The quantitative estimate of drug-likeness (QED) is 0.433. The second-order valence-corrected chi connectivity index (χ2v) is 11.5. The lowest BCUT2D eigenvalue weighted by atomic mass is 10.2. The van der Waals surface area contributed by atoms with Crippen LogP contribution in [0.3, 0.4) is 0 Å². The molecule has 0 aliphatic carbocycles. The van der Waals surface area contributed by atoms with Gasteiger partial charge in [-0.2, -0.15) is 0 Å². The Morgan fingerprint density at radius 3 is 2.68 bits per heavy atom. The Bertz CT molecular complexity index is 1220. The molecule has 1 aliphatic rings. The molecule has 1 aliphatic heterocycles. The molecule has 3 heterocycles. The summed E-state index contributed by atoms with van der Waals surface area (Å²) in [4.78, 5) is 19.7. The number of hydrogen-bond acceptors (Lipinski definition) is 6. The Kier molecular flexibility index (Phi) is 7.49. The van der Waals surface area contributed by atoms with E-state index in [4.69, 9.17) is 4.74 Å². The standard InChI is InChI=1S/C24H28FN3O4S2/c1-17(2)27(23(29)22-6-4-12-33-22)14-20-13-26-24(28(20)15-21-5-3-11-32-21)34(30,31)16-18-7-9-19(25)10-8-18/h4,6-10,12-13,17,21H,3,5,11,14-16H2,1-2H3/t21-/m0/s1. The van der Waals surface area contributed by atoms with E-state index in [1.165, 1.54) is 41.8 Å². The van der Waals surface area contributed by atoms with Gasteiger partial charge in [0.2, 0.25) is 15.0 Å². The molecule has 0 radical (unpaired) electrons. The summed E-state index contributed by atoms with van der Waals surface area (Å²) in [6.45, 7) is 5.06. The number of carbonyl (C=O) groups excluding carboxylic acids is 1. The molecule has 0 unspecified atom stereocenters. The molecule has 1 amide bonds. The zero-order valence-electron chi connectivity index (χ0n) is 19.2. The summed E-state index contributed by atoms with van der Waals surface area (Å²) in [6, 6.07) is 8.92. The minimum atomic E-state index is -3.82. The zero-order valence-corrected chi connectivity index (χ0v) is 20.8. The van der Waals surface area contributed by atoms with E-state index in [-0.39, 0.29) is 35.5 Å². The number of benzene rings is 1. The number of amides is 1. The smallest absolute Gasteiger partial charge is 0.264 e. The summed E-state index contributed by atoms with van der Waals surface area (Å²) >= 11 is 1.37. The van der Waals surface area contributed by atoms with Crippen molar-refractivity contribution < 1.29 is 22.3 Å². The first-order valence-corrected chi connectivity index (χ1v) is 13.8. The molecule has 2 aromatic heterocycles. The summed E-state index contributed by atoms with van der Waals surface area (Å²) in [5, 5.41) is 1.79. The van der Waals surface area contributed by atoms with Crippen molar-refractivity contribution in [3.8, 4) is 0 Å². The Hall–Kier alpha value is -2.56. The molecule has 7 nitrogen and oxygen atoms in total. The molecule has 1 aromatic carbocycles. The summed E-state index contributed by atoms with van der Waals surface area (Å²) in [7, 11) is -3.82. The minimum absolute atomic E-state index is 0.0606. The maximum absolute atomic E-state index is 13.3. The van der Waals surface area contributed by atoms with E-state index in [1.807, 2.05) is 25.3 Å². The lowest BCUT2D eigenvalue weighted by Crippen LogP contribution is -2.37. The molecule has 1 atom stereocenters. The highest BCUT2D eigenvalue weighted by Gasteiger charge is 2.29. The van der Waals surface area contributed by atoms with Crippen LogP contribution in [0.5, 0.6) is 0 Å². The number of aromatic nitrogens is 2. The van der Waals surface area contributed by atoms with Gasteiger partial charge in [0.15, 0.2) is 0 Å². The predicted octanol–water partition coefficient (Wildman–Crippen LogP) is 4.29. The fourth-order valence-corrected chi connectivity index (χ4v) is 6.20. The van der Waals surface area contributed by atoms with Crippen molar-refractivity contribution in [2.24, 2.45) is 0 Å². The predicted molar refractivity (Wildman–Crippen MR) is 128 cm³/mol. The molecule has 182 valence electrons. The number of halogens is 1. The molecular formula is C24H28FN3O4S2. The molecule has 4 rings (SSSR count). The monoisotopic (exact) mass is 505 g/mol. The summed E-state index contributed by atoms with van der Waals surface area (Å²) < 4.78 is 47.4. The van der Waals surface area contributed by atoms with Gasteiger partial charge in [0, 0.05) is 12.6 Å². The third kappa shape index (κ3) is 5.56. The van der Waals surface area contributed by atoms with Crippen molar-refractivity contribution in [2.45, 2.75) is 62.8 Å². The van der Waals surface area contributed by atoms with Crippen LogP contribution < -0.4 is 0 Å². The van der Waals surface area contributed by atoms with Crippen LogP contribution in [-0.2, 0) is 33.4 Å². The number of carbonyl (C=O) groups is 1. The highest BCUT2D eigenvalue weighted by molar-refractivity contribution is 7.90. The normalized spacial score (nSPS) is 16.3. The number of rotatable bonds is 9. The molecular weight excluding hydrogens is 477 g/mol. The maximum atomic E-state index is 13.3. The molecule has 0 N–H and O–H groups in total. The molecule has 10 heteroatoms. The number of ether oxygens (including phenoxy) is 1. The summed E-state index contributed by atoms with van der Waals surface area (Å²) in [5.74, 6) is -0.824. The second-order valence-electron chi connectivity index (χ2n) is 8.67. The van der Waals surface area contributed by atoms with Crippen LogP contribution in [0.2, 0.25) is 0 Å². The fourth-order valence-electron chi connectivity index (χ4n) is 4.02. The van der Waals surface area contributed by atoms with Crippen molar-refractivity contribution in [3.63, 3.8) is 0 Å². The Morgan fingerprint density at radius 1 is 1.29 bits per heavy atom. The Morgan fingerprint density at radius 2 is 2.06 bits per heavy atom. The van der Waals surface area contributed by atoms with Crippen molar-refractivity contribution in [1.29, 1.82) is 0 Å². The summed E-state index contributed by atoms with van der Waals surface area (Å²) in [5.41, 5.74) is 1.11. The van der Waals surface area contributed by atoms with Gasteiger partial charge >= 0.3 is 0 Å². The van der Waals surface area contributed by atoms with Crippen molar-refractivity contribution >= 4 is 27.1 Å². The van der Waals surface area contributed by atoms with Crippen LogP contribution in [-0.4, -0.2) is 47.5 Å². The average Bonchev–Trinajstić information content (AvgIpc) is 3.56. The van der Waals surface area contributed by atoms with Gasteiger partial charge in [-0.05, 0) is 55.8 Å². The van der Waals surface area contributed by atoms with E-state index in [1.54, 1.807) is 15.5 Å². The fraction of sp³-hybridized carbons (Fsp3) is 0.417. The van der Waals surface area contributed by atoms with Gasteiger partial charge in [-0.25, -0.2) is 17.8 Å². The lowest BCUT2D eigenvalue weighted by molar-refractivity contribution is 0.0683. The van der Waals surface area contributed by atoms with E-state index >= 15 is 0 Å². The number of nitrogens with zero attached hydrogens (tertiary/aromatic N) is 3. The van der Waals surface area contributed by atoms with Crippen LogP contribution in [0, 0.1) is 5.82 Å². The summed E-state index contributed by atoms with van der Waals surface area (Å²) in [6.07, 6.45) is 3.16. The minimum Gasteiger partial charge on any atom is -0.376 e. The largest absolute Gasteiger partial charge is 0.376 e. The Balaban J connectivity index is 1.67. The van der Waals surface area contributed by atoms with Crippen molar-refractivity contribution in [1.82, 2.24) is 14.5 Å². The highest BCUT2D eigenvalue weighted by atomic mass is 32.2. The van der Waals surface area contributed by atoms with Gasteiger partial charge < -0.3 is 14.2 Å². The number of imidazole rings is 1. The van der Waals surface area contributed by atoms with Gasteiger partial charge in [-0.1, -0.05) is 18.2 Å². The van der Waals surface area contributed by atoms with E-state index in [2.05, 4.69) is 4.98 Å². The maximum Gasteiger partial charge on any atom is 0.264 e. The number of sulfone groups is 1. The Labute approximate surface area is 203 Å². The molecule has 0 spiro atoms. The van der Waals surface area contributed by atoms with Gasteiger partial charge in [-0.3, -0.25) is 4.79 Å². The van der Waals surface area contributed by atoms with Gasteiger partial charge in [0.05, 0.1) is 41.7 Å². The number of hydrogen-bond donors (Lipinski definition) is 0. The third-order valence-electron chi connectivity index (χ3n) is 5.81. The highest BCUT2D eigenvalue weighted by Crippen LogP contribution is 2.24. The first-order valence-electron chi connectivity index (χ1n) is 11.2. The molecule has 34 heavy (non-hydrogen) atoms. The molecule has 1 fully saturated rings. The topological polar surface area (TPSA) is 81.5 Å². The molecule has 0 saturated carbocycles. The second kappa shape index (κ2) is 10.4. The van der Waals surface area contributed by atoms with E-state index in [0.717, 1.165) is 12.8 Å². The first kappa shape index (κ1) is 24.6. The number of thiophene rings is 1. The first-order chi connectivity index (χ1) is 16.2. The average molecular weight is 506 g/mol. The molecule has 0 bridgehead atoms.